The van der Waals surface area contributed by atoms with E-state index in [9.17, 15) is 20.1 Å². The molecule has 3 N–H and O–H groups in total. The monoisotopic (exact) mass is 240 g/mol. The maximum absolute atomic E-state index is 11.6. The van der Waals surface area contributed by atoms with Crippen molar-refractivity contribution in [1.82, 2.24) is 20.2 Å². The minimum Gasteiger partial charge on any atom is -0.387 e. The lowest BCUT2D eigenvalue weighted by Crippen LogP contribution is -2.46. The first-order valence-corrected chi connectivity index (χ1v) is 5.02. The second-order valence-corrected chi connectivity index (χ2v) is 3.87. The van der Waals surface area contributed by atoms with Crippen molar-refractivity contribution in [3.05, 3.63) is 17.5 Å². The molecular weight excluding hydrogens is 228 g/mol. The average molecular weight is 240 g/mol. The van der Waals surface area contributed by atoms with Gasteiger partial charge in [0, 0.05) is 5.57 Å². The van der Waals surface area contributed by atoms with Gasteiger partial charge in [-0.2, -0.15) is 0 Å². The zero-order chi connectivity index (χ0) is 12.6. The number of carbonyl (C=O) groups excluding carboxylic acids is 1. The number of rotatable bonds is 2. The molecule has 2 rings (SSSR count). The van der Waals surface area contributed by atoms with Crippen molar-refractivity contribution in [3.63, 3.8) is 0 Å². The van der Waals surface area contributed by atoms with E-state index in [0.29, 0.717) is 5.82 Å². The zero-order valence-electron chi connectivity index (χ0n) is 9.06. The third kappa shape index (κ3) is 2.09. The molecule has 0 aliphatic heterocycles. The summed E-state index contributed by atoms with van der Waals surface area (Å²) >= 11 is 0. The molecule has 0 saturated heterocycles. The molecule has 0 spiro atoms. The Kier molecular flexibility index (Phi) is 3.01. The van der Waals surface area contributed by atoms with Crippen molar-refractivity contribution in [3.8, 4) is 0 Å². The predicted molar refractivity (Wildman–Crippen MR) is 53.7 cm³/mol. The van der Waals surface area contributed by atoms with Crippen LogP contribution < -0.4 is 0 Å². The first-order valence-electron chi connectivity index (χ1n) is 5.02. The fourth-order valence-corrected chi connectivity index (χ4v) is 1.61. The molecule has 1 aliphatic carbocycles. The molecule has 1 heterocycles. The highest BCUT2D eigenvalue weighted by Gasteiger charge is 2.36. The SMILES string of the molecule is Cc1nnnn1CC1=CC(O)C(O)C(O)C1=O. The van der Waals surface area contributed by atoms with Crippen LogP contribution in [0.25, 0.3) is 0 Å². The van der Waals surface area contributed by atoms with Crippen molar-refractivity contribution in [2.24, 2.45) is 0 Å². The molecule has 8 heteroatoms. The van der Waals surface area contributed by atoms with E-state index in [1.807, 2.05) is 0 Å². The zero-order valence-corrected chi connectivity index (χ0v) is 9.06. The van der Waals surface area contributed by atoms with Crippen LogP contribution in [0.3, 0.4) is 0 Å². The summed E-state index contributed by atoms with van der Waals surface area (Å²) in [7, 11) is 0. The van der Waals surface area contributed by atoms with E-state index in [1.165, 1.54) is 10.8 Å². The van der Waals surface area contributed by atoms with Crippen molar-refractivity contribution in [2.45, 2.75) is 31.8 Å². The molecule has 1 aromatic heterocycles. The van der Waals surface area contributed by atoms with Crippen LogP contribution in [0.4, 0.5) is 0 Å². The van der Waals surface area contributed by atoms with Gasteiger partial charge in [-0.05, 0) is 23.4 Å². The number of ketones is 1. The summed E-state index contributed by atoms with van der Waals surface area (Å²) in [5, 5.41) is 38.9. The van der Waals surface area contributed by atoms with Crippen LogP contribution in [0, 0.1) is 6.92 Å². The van der Waals surface area contributed by atoms with Crippen molar-refractivity contribution in [1.29, 1.82) is 0 Å². The standard InChI is InChI=1S/C9H12N4O4/c1-4-10-11-12-13(4)3-5-2-6(14)8(16)9(17)7(5)15/h2,6,8-9,14,16-17H,3H2,1H3. The molecule has 0 saturated carbocycles. The fourth-order valence-electron chi connectivity index (χ4n) is 1.61. The maximum Gasteiger partial charge on any atom is 0.191 e. The predicted octanol–water partition coefficient (Wildman–Crippen LogP) is -2.43. The van der Waals surface area contributed by atoms with Crippen molar-refractivity contribution < 1.29 is 20.1 Å². The van der Waals surface area contributed by atoms with Crippen LogP contribution in [0.1, 0.15) is 5.82 Å². The number of aliphatic hydroxyl groups is 3. The molecule has 0 bridgehead atoms. The summed E-state index contributed by atoms with van der Waals surface area (Å²) in [5.41, 5.74) is 0.172. The minimum atomic E-state index is -1.61. The van der Waals surface area contributed by atoms with E-state index in [1.54, 1.807) is 6.92 Å². The Hall–Kier alpha value is -1.64. The summed E-state index contributed by atoms with van der Waals surface area (Å²) < 4.78 is 1.36. The Morgan fingerprint density at radius 3 is 2.71 bits per heavy atom. The van der Waals surface area contributed by atoms with Crippen molar-refractivity contribution >= 4 is 5.78 Å². The second kappa shape index (κ2) is 4.32. The molecule has 8 nitrogen and oxygen atoms in total. The third-order valence-electron chi connectivity index (χ3n) is 2.66. The summed E-state index contributed by atoms with van der Waals surface area (Å²) in [6.07, 6.45) is -3.15. The second-order valence-electron chi connectivity index (χ2n) is 3.87. The molecule has 0 fully saturated rings. The van der Waals surface area contributed by atoms with Gasteiger partial charge in [0.2, 0.25) is 0 Å². The summed E-state index contributed by atoms with van der Waals surface area (Å²) in [6.45, 7) is 1.72. The van der Waals surface area contributed by atoms with Gasteiger partial charge >= 0.3 is 0 Å². The van der Waals surface area contributed by atoms with Crippen LogP contribution in [0.2, 0.25) is 0 Å². The number of aliphatic hydroxyl groups excluding tert-OH is 3. The molecule has 0 aromatic carbocycles. The Morgan fingerprint density at radius 2 is 2.12 bits per heavy atom. The molecule has 1 aliphatic rings. The Balaban J connectivity index is 2.24. The first-order chi connectivity index (χ1) is 8.00. The van der Waals surface area contributed by atoms with E-state index in [0.717, 1.165) is 0 Å². The Labute approximate surface area is 96.2 Å². The molecular formula is C9H12N4O4. The number of hydrogen-bond acceptors (Lipinski definition) is 7. The van der Waals surface area contributed by atoms with Crippen LogP contribution in [-0.4, -0.2) is 59.6 Å². The van der Waals surface area contributed by atoms with Crippen molar-refractivity contribution in [2.75, 3.05) is 0 Å². The first kappa shape index (κ1) is 11.8. The highest BCUT2D eigenvalue weighted by atomic mass is 16.4. The maximum atomic E-state index is 11.6. The number of hydrogen-bond donors (Lipinski definition) is 3. The van der Waals surface area contributed by atoms with Gasteiger partial charge in [0.1, 0.15) is 24.1 Å². The lowest BCUT2D eigenvalue weighted by atomic mass is 9.91. The summed E-state index contributed by atoms with van der Waals surface area (Å²) in [5.74, 6) is -0.119. The van der Waals surface area contributed by atoms with Crippen LogP contribution in [-0.2, 0) is 11.3 Å². The topological polar surface area (TPSA) is 121 Å². The molecule has 3 atom stereocenters. The number of nitrogens with zero attached hydrogens (tertiary/aromatic N) is 4. The molecule has 3 unspecified atom stereocenters. The fraction of sp³-hybridized carbons (Fsp3) is 0.556. The largest absolute Gasteiger partial charge is 0.387 e. The minimum absolute atomic E-state index is 0.0541. The van der Waals surface area contributed by atoms with E-state index in [4.69, 9.17) is 0 Å². The molecule has 92 valence electrons. The normalized spacial score (nSPS) is 29.3. The van der Waals surface area contributed by atoms with E-state index in [-0.39, 0.29) is 12.1 Å². The highest BCUT2D eigenvalue weighted by Crippen LogP contribution is 2.17. The van der Waals surface area contributed by atoms with Gasteiger partial charge < -0.3 is 15.3 Å². The Bertz CT molecular complexity index is 469. The number of tetrazole rings is 1. The molecule has 0 amide bonds. The molecule has 1 aromatic rings. The molecule has 17 heavy (non-hydrogen) atoms. The molecule has 0 radical (unpaired) electrons. The quantitative estimate of drug-likeness (QED) is 0.525. The van der Waals surface area contributed by atoms with E-state index < -0.39 is 24.1 Å². The van der Waals surface area contributed by atoms with Gasteiger partial charge in [-0.3, -0.25) is 4.79 Å². The number of aryl methyl sites for hydroxylation is 1. The lowest BCUT2D eigenvalue weighted by Gasteiger charge is -2.26. The number of carbonyl (C=O) groups is 1. The van der Waals surface area contributed by atoms with Gasteiger partial charge in [-0.15, -0.1) is 5.10 Å². The summed E-state index contributed by atoms with van der Waals surface area (Å²) in [4.78, 5) is 11.6. The Morgan fingerprint density at radius 1 is 1.41 bits per heavy atom. The number of aromatic nitrogens is 4. The lowest BCUT2D eigenvalue weighted by molar-refractivity contribution is -0.135. The average Bonchev–Trinajstić information content (AvgIpc) is 2.69. The van der Waals surface area contributed by atoms with Crippen LogP contribution in [0.15, 0.2) is 11.6 Å². The smallest absolute Gasteiger partial charge is 0.191 e. The van der Waals surface area contributed by atoms with Gasteiger partial charge in [0.05, 0.1) is 6.54 Å². The summed E-state index contributed by atoms with van der Waals surface area (Å²) in [6, 6.07) is 0. The van der Waals surface area contributed by atoms with Crippen LogP contribution in [0.5, 0.6) is 0 Å². The third-order valence-corrected chi connectivity index (χ3v) is 2.66. The van der Waals surface area contributed by atoms with E-state index >= 15 is 0 Å². The van der Waals surface area contributed by atoms with Gasteiger partial charge in [0.15, 0.2) is 5.78 Å². The van der Waals surface area contributed by atoms with E-state index in [2.05, 4.69) is 15.5 Å². The van der Waals surface area contributed by atoms with Gasteiger partial charge in [-0.1, -0.05) is 0 Å². The van der Waals surface area contributed by atoms with Gasteiger partial charge in [-0.25, -0.2) is 4.68 Å². The van der Waals surface area contributed by atoms with Crippen LogP contribution >= 0.6 is 0 Å². The highest BCUT2D eigenvalue weighted by molar-refractivity contribution is 6.00. The van der Waals surface area contributed by atoms with Gasteiger partial charge in [0.25, 0.3) is 0 Å². The number of Topliss-reactive ketones (excluding diaryl/α,β-unsaturated/α-hetero) is 1.